The molecule has 0 saturated carbocycles. The van der Waals surface area contributed by atoms with Gasteiger partial charge in [0.15, 0.2) is 9.84 Å². The monoisotopic (exact) mass is 404 g/mol. The van der Waals surface area contributed by atoms with Gasteiger partial charge in [-0.15, -0.1) is 0 Å². The fourth-order valence-corrected chi connectivity index (χ4v) is 6.70. The van der Waals surface area contributed by atoms with Crippen LogP contribution in [0.4, 0.5) is 0 Å². The van der Waals surface area contributed by atoms with Crippen LogP contribution in [0.25, 0.3) is 0 Å². The van der Waals surface area contributed by atoms with Crippen molar-refractivity contribution < 1.29 is 18.0 Å². The Bertz CT molecular complexity index is 926. The van der Waals surface area contributed by atoms with Crippen molar-refractivity contribution >= 4 is 21.7 Å². The summed E-state index contributed by atoms with van der Waals surface area (Å²) >= 11 is 0. The predicted octanol–water partition coefficient (Wildman–Crippen LogP) is 0.639. The Morgan fingerprint density at radius 3 is 2.75 bits per heavy atom. The average molecular weight is 404 g/mol. The molecular formula is C19H24N4O4S. The molecule has 2 amide bonds. The van der Waals surface area contributed by atoms with E-state index in [0.29, 0.717) is 18.7 Å². The van der Waals surface area contributed by atoms with Crippen molar-refractivity contribution in [2.24, 2.45) is 5.92 Å². The highest BCUT2D eigenvalue weighted by molar-refractivity contribution is 7.92. The van der Waals surface area contributed by atoms with Crippen molar-refractivity contribution in [2.75, 3.05) is 18.8 Å². The van der Waals surface area contributed by atoms with Crippen LogP contribution in [0.1, 0.15) is 41.9 Å². The lowest BCUT2D eigenvalue weighted by atomic mass is 10.00. The number of fused-ring (bicyclic) bond motifs is 1. The Hall–Kier alpha value is -2.29. The van der Waals surface area contributed by atoms with Crippen LogP contribution in [0.3, 0.4) is 0 Å². The number of allylic oxidation sites excluding steroid dienone is 1. The highest BCUT2D eigenvalue weighted by Gasteiger charge is 2.53. The zero-order valence-electron chi connectivity index (χ0n) is 15.8. The first-order valence-corrected chi connectivity index (χ1v) is 11.3. The molecular weight excluding hydrogens is 380 g/mol. The molecule has 8 nitrogen and oxygen atoms in total. The van der Waals surface area contributed by atoms with Crippen LogP contribution in [-0.2, 0) is 14.6 Å². The van der Waals surface area contributed by atoms with E-state index in [1.807, 2.05) is 0 Å². The number of amides is 2. The fourth-order valence-electron chi connectivity index (χ4n) is 4.40. The van der Waals surface area contributed by atoms with Gasteiger partial charge in [-0.3, -0.25) is 14.6 Å². The lowest BCUT2D eigenvalue weighted by molar-refractivity contribution is -0.121. The smallest absolute Gasteiger partial charge is 0.274 e. The van der Waals surface area contributed by atoms with Gasteiger partial charge in [-0.2, -0.15) is 0 Å². The van der Waals surface area contributed by atoms with Gasteiger partial charge in [0.05, 0.1) is 22.9 Å². The van der Waals surface area contributed by atoms with Gasteiger partial charge in [0.1, 0.15) is 5.69 Å². The number of hydrogen-bond donors (Lipinski definition) is 1. The maximum atomic E-state index is 12.7. The summed E-state index contributed by atoms with van der Waals surface area (Å²) in [5.74, 6) is -0.796. The Balaban J connectivity index is 1.45. The van der Waals surface area contributed by atoms with E-state index in [4.69, 9.17) is 0 Å². The second-order valence-electron chi connectivity index (χ2n) is 7.89. The summed E-state index contributed by atoms with van der Waals surface area (Å²) in [5, 5.41) is 2.28. The number of nitrogens with zero attached hydrogens (tertiary/aromatic N) is 3. The Morgan fingerprint density at radius 2 is 2.07 bits per heavy atom. The van der Waals surface area contributed by atoms with Crippen LogP contribution >= 0.6 is 0 Å². The Morgan fingerprint density at radius 1 is 1.25 bits per heavy atom. The number of carbonyl (C=O) groups is 2. The molecule has 2 fully saturated rings. The van der Waals surface area contributed by atoms with Crippen molar-refractivity contribution in [2.45, 2.75) is 43.9 Å². The van der Waals surface area contributed by atoms with E-state index in [2.05, 4.69) is 21.4 Å². The highest BCUT2D eigenvalue weighted by Crippen LogP contribution is 2.35. The number of likely N-dealkylation sites (tertiary alicyclic amines) is 1. The number of aromatic nitrogens is 2. The molecule has 1 aromatic rings. The van der Waals surface area contributed by atoms with Crippen LogP contribution in [-0.4, -0.2) is 65.2 Å². The van der Waals surface area contributed by atoms with Gasteiger partial charge < -0.3 is 10.2 Å². The largest absolute Gasteiger partial charge is 0.352 e. The molecule has 3 aliphatic rings. The van der Waals surface area contributed by atoms with Crippen molar-refractivity contribution in [1.29, 1.82) is 0 Å². The van der Waals surface area contributed by atoms with Crippen molar-refractivity contribution in [1.82, 2.24) is 20.2 Å². The lowest BCUT2D eigenvalue weighted by Crippen LogP contribution is -2.42. The average Bonchev–Trinajstić information content (AvgIpc) is 3.34. The molecule has 0 spiro atoms. The SMILES string of the molecule is Cc1cnc(C(=O)N2C[C@H]3[C@H](NC(=O)CC4=CCCC4)CS(=O)(=O)[C@H]3C2)cn1. The molecule has 4 rings (SSSR count). The Labute approximate surface area is 164 Å². The van der Waals surface area contributed by atoms with E-state index >= 15 is 0 Å². The number of aryl methyl sites for hydroxylation is 1. The summed E-state index contributed by atoms with van der Waals surface area (Å²) < 4.78 is 25.2. The topological polar surface area (TPSA) is 109 Å². The molecule has 3 heterocycles. The van der Waals surface area contributed by atoms with Crippen LogP contribution < -0.4 is 5.32 Å². The molecule has 0 unspecified atom stereocenters. The number of hydrogen-bond acceptors (Lipinski definition) is 6. The number of nitrogens with one attached hydrogen (secondary N) is 1. The van der Waals surface area contributed by atoms with E-state index in [9.17, 15) is 18.0 Å². The maximum absolute atomic E-state index is 12.7. The Kier molecular flexibility index (Phi) is 4.95. The summed E-state index contributed by atoms with van der Waals surface area (Å²) in [4.78, 5) is 34.8. The van der Waals surface area contributed by atoms with Gasteiger partial charge >= 0.3 is 0 Å². The third-order valence-electron chi connectivity index (χ3n) is 5.86. The van der Waals surface area contributed by atoms with E-state index < -0.39 is 21.1 Å². The van der Waals surface area contributed by atoms with Crippen molar-refractivity contribution in [3.05, 3.63) is 35.4 Å². The summed E-state index contributed by atoms with van der Waals surface area (Å²) in [5.41, 5.74) is 2.03. The van der Waals surface area contributed by atoms with E-state index in [1.54, 1.807) is 6.92 Å². The molecule has 2 aliphatic heterocycles. The lowest BCUT2D eigenvalue weighted by Gasteiger charge is -2.21. The molecule has 1 aliphatic carbocycles. The molecule has 28 heavy (non-hydrogen) atoms. The summed E-state index contributed by atoms with van der Waals surface area (Å²) in [6, 6.07) is -0.452. The van der Waals surface area contributed by atoms with Crippen molar-refractivity contribution in [3.8, 4) is 0 Å². The second-order valence-corrected chi connectivity index (χ2v) is 10.2. The van der Waals surface area contributed by atoms with Crippen LogP contribution in [0.2, 0.25) is 0 Å². The molecule has 0 bridgehead atoms. The van der Waals surface area contributed by atoms with Crippen LogP contribution in [0.15, 0.2) is 24.0 Å². The van der Waals surface area contributed by atoms with Gasteiger partial charge in [0.25, 0.3) is 5.91 Å². The fraction of sp³-hybridized carbons (Fsp3) is 0.579. The molecule has 0 radical (unpaired) electrons. The van der Waals surface area contributed by atoms with Gasteiger partial charge in [-0.05, 0) is 26.2 Å². The first-order chi connectivity index (χ1) is 13.3. The third-order valence-corrected chi connectivity index (χ3v) is 8.10. The minimum absolute atomic E-state index is 0.0561. The molecule has 3 atom stereocenters. The molecule has 150 valence electrons. The van der Waals surface area contributed by atoms with Gasteiger partial charge in [0, 0.05) is 37.7 Å². The molecule has 0 aromatic carbocycles. The summed E-state index contributed by atoms with van der Waals surface area (Å²) in [7, 11) is -3.36. The number of sulfone groups is 1. The summed E-state index contributed by atoms with van der Waals surface area (Å²) in [6.45, 7) is 2.22. The normalized spacial score (nSPS) is 28.1. The minimum Gasteiger partial charge on any atom is -0.352 e. The van der Waals surface area contributed by atoms with E-state index in [1.165, 1.54) is 17.3 Å². The van der Waals surface area contributed by atoms with Crippen molar-refractivity contribution in [3.63, 3.8) is 0 Å². The first kappa shape index (κ1) is 19.0. The maximum Gasteiger partial charge on any atom is 0.274 e. The molecule has 1 aromatic heterocycles. The second kappa shape index (κ2) is 7.27. The first-order valence-electron chi connectivity index (χ1n) is 9.60. The summed E-state index contributed by atoms with van der Waals surface area (Å²) in [6.07, 6.45) is 8.36. The minimum atomic E-state index is -3.36. The van der Waals surface area contributed by atoms with Crippen LogP contribution in [0, 0.1) is 12.8 Å². The number of carbonyl (C=O) groups excluding carboxylic acids is 2. The standard InChI is InChI=1S/C19H24N4O4S/c1-12-7-21-15(8-20-12)19(25)23-9-14-16(11-28(26,27)17(14)10-23)22-18(24)6-13-4-2-3-5-13/h4,7-8,14,16-17H,2-3,5-6,9-11H2,1H3,(H,22,24)/t14-,16+,17-/m0/s1. The number of rotatable bonds is 4. The van der Waals surface area contributed by atoms with Gasteiger partial charge in [-0.1, -0.05) is 11.6 Å². The molecule has 9 heteroatoms. The van der Waals surface area contributed by atoms with Gasteiger partial charge in [0.2, 0.25) is 5.91 Å². The van der Waals surface area contributed by atoms with E-state index in [-0.39, 0.29) is 35.7 Å². The van der Waals surface area contributed by atoms with Gasteiger partial charge in [-0.25, -0.2) is 13.4 Å². The molecule has 1 N–H and O–H groups in total. The van der Waals surface area contributed by atoms with Crippen LogP contribution in [0.5, 0.6) is 0 Å². The predicted molar refractivity (Wildman–Crippen MR) is 102 cm³/mol. The van der Waals surface area contributed by atoms with E-state index in [0.717, 1.165) is 24.8 Å². The zero-order chi connectivity index (χ0) is 19.9. The zero-order valence-corrected chi connectivity index (χ0v) is 16.6. The highest BCUT2D eigenvalue weighted by atomic mass is 32.2. The molecule has 2 saturated heterocycles. The quantitative estimate of drug-likeness (QED) is 0.738. The third kappa shape index (κ3) is 3.67.